The van der Waals surface area contributed by atoms with Gasteiger partial charge in [0, 0.05) is 7.05 Å². The van der Waals surface area contributed by atoms with Crippen molar-refractivity contribution in [1.82, 2.24) is 14.3 Å². The number of H-pyrrole nitrogens is 1. The fourth-order valence-corrected chi connectivity index (χ4v) is 2.14. The lowest BCUT2D eigenvalue weighted by Crippen LogP contribution is -2.26. The van der Waals surface area contributed by atoms with Crippen molar-refractivity contribution in [1.29, 1.82) is 0 Å². The lowest BCUT2D eigenvalue weighted by atomic mass is 9.99. The zero-order valence-electron chi connectivity index (χ0n) is 11.3. The van der Waals surface area contributed by atoms with Crippen molar-refractivity contribution in [2.45, 2.75) is 27.7 Å². The number of hydrogen-bond acceptors (Lipinski definition) is 2. The summed E-state index contributed by atoms with van der Waals surface area (Å²) in [5.74, 6) is 0. The summed E-state index contributed by atoms with van der Waals surface area (Å²) in [5.41, 5.74) is 4.22. The van der Waals surface area contributed by atoms with Crippen LogP contribution in [-0.2, 0) is 7.05 Å². The molecule has 1 heterocycles. The molecule has 0 aliphatic rings. The van der Waals surface area contributed by atoms with Gasteiger partial charge in [-0.15, -0.1) is 0 Å². The minimum Gasteiger partial charge on any atom is -0.246 e. The Hall–Kier alpha value is -2.04. The lowest BCUT2D eigenvalue weighted by Gasteiger charge is -2.14. The highest BCUT2D eigenvalue weighted by Gasteiger charge is 2.14. The number of benzene rings is 1. The molecule has 1 N–H and O–H groups in total. The molecule has 0 aliphatic carbocycles. The molecule has 2 rings (SSSR count). The molecule has 5 nitrogen and oxygen atoms in total. The third-order valence-electron chi connectivity index (χ3n) is 3.54. The number of nitrogens with zero attached hydrogens (tertiary/aromatic N) is 2. The topological polar surface area (TPSA) is 59.8 Å². The lowest BCUT2D eigenvalue weighted by molar-refractivity contribution is 0.786. The van der Waals surface area contributed by atoms with E-state index in [4.69, 9.17) is 0 Å². The van der Waals surface area contributed by atoms with E-state index in [0.29, 0.717) is 0 Å². The minimum atomic E-state index is -0.405. The first-order chi connectivity index (χ1) is 8.34. The van der Waals surface area contributed by atoms with Gasteiger partial charge in [-0.1, -0.05) is 6.07 Å². The fraction of sp³-hybridized carbons (Fsp3) is 0.385. The van der Waals surface area contributed by atoms with E-state index in [2.05, 4.69) is 11.2 Å². The van der Waals surface area contributed by atoms with Crippen LogP contribution in [0.1, 0.15) is 22.3 Å². The summed E-state index contributed by atoms with van der Waals surface area (Å²) in [4.78, 5) is 23.5. The molecule has 0 amide bonds. The van der Waals surface area contributed by atoms with Crippen LogP contribution in [0.25, 0.3) is 5.69 Å². The molecular formula is C13H17N3O2. The Labute approximate surface area is 105 Å². The second kappa shape index (κ2) is 4.01. The van der Waals surface area contributed by atoms with E-state index in [0.717, 1.165) is 32.5 Å². The number of hydrogen-bond donors (Lipinski definition) is 1. The second-order valence-corrected chi connectivity index (χ2v) is 4.70. The van der Waals surface area contributed by atoms with Gasteiger partial charge in [0.25, 0.3) is 0 Å². The molecule has 0 bridgehead atoms. The minimum absolute atomic E-state index is 0.351. The van der Waals surface area contributed by atoms with Crippen LogP contribution in [0.4, 0.5) is 0 Å². The first kappa shape index (κ1) is 12.4. The molecule has 0 atom stereocenters. The number of aromatic nitrogens is 3. The molecule has 5 heteroatoms. The molecule has 0 fully saturated rings. The number of aromatic amines is 1. The van der Waals surface area contributed by atoms with Crippen LogP contribution in [0.15, 0.2) is 15.7 Å². The molecule has 0 unspecified atom stereocenters. The van der Waals surface area contributed by atoms with Gasteiger partial charge in [0.1, 0.15) is 0 Å². The van der Waals surface area contributed by atoms with Gasteiger partial charge in [0.15, 0.2) is 0 Å². The summed E-state index contributed by atoms with van der Waals surface area (Å²) in [5, 5.41) is 2.58. The number of aryl methyl sites for hydroxylation is 2. The molecule has 96 valence electrons. The maximum Gasteiger partial charge on any atom is 0.351 e. The average molecular weight is 247 g/mol. The van der Waals surface area contributed by atoms with Crippen LogP contribution in [0.2, 0.25) is 0 Å². The van der Waals surface area contributed by atoms with Gasteiger partial charge in [-0.05, 0) is 49.9 Å². The monoisotopic (exact) mass is 247 g/mol. The summed E-state index contributed by atoms with van der Waals surface area (Å²) in [7, 11) is 1.46. The molecule has 0 spiro atoms. The van der Waals surface area contributed by atoms with Crippen LogP contribution in [0.3, 0.4) is 0 Å². The molecular weight excluding hydrogens is 230 g/mol. The molecule has 0 saturated heterocycles. The van der Waals surface area contributed by atoms with Crippen molar-refractivity contribution >= 4 is 0 Å². The van der Waals surface area contributed by atoms with Gasteiger partial charge < -0.3 is 0 Å². The van der Waals surface area contributed by atoms with E-state index in [1.807, 2.05) is 27.7 Å². The van der Waals surface area contributed by atoms with Crippen molar-refractivity contribution < 1.29 is 0 Å². The maximum absolute atomic E-state index is 12.0. The smallest absolute Gasteiger partial charge is 0.246 e. The standard InChI is InChI=1S/C13H17N3O2/c1-7-6-8(2)10(4)11(9(7)3)16-13(18)15(5)12(17)14-16/h6H,1-5H3,(H,14,17). The van der Waals surface area contributed by atoms with Crippen molar-refractivity contribution in [3.05, 3.63) is 49.3 Å². The molecule has 0 radical (unpaired) electrons. The van der Waals surface area contributed by atoms with Gasteiger partial charge >= 0.3 is 11.4 Å². The molecule has 0 aliphatic heterocycles. The van der Waals surface area contributed by atoms with Crippen molar-refractivity contribution in [3.8, 4) is 5.69 Å². The third kappa shape index (κ3) is 1.63. The summed E-state index contributed by atoms with van der Waals surface area (Å²) in [6.07, 6.45) is 0. The summed E-state index contributed by atoms with van der Waals surface area (Å²) < 4.78 is 2.39. The highest BCUT2D eigenvalue weighted by molar-refractivity contribution is 5.53. The van der Waals surface area contributed by atoms with E-state index in [9.17, 15) is 9.59 Å². The molecule has 1 aromatic heterocycles. The van der Waals surface area contributed by atoms with Gasteiger partial charge in [0.2, 0.25) is 0 Å². The zero-order valence-corrected chi connectivity index (χ0v) is 11.3. The SMILES string of the molecule is Cc1cc(C)c(C)c(-n2[nH]c(=O)n(C)c2=O)c1C. The van der Waals surface area contributed by atoms with Gasteiger partial charge in [-0.25, -0.2) is 23.9 Å². The molecule has 18 heavy (non-hydrogen) atoms. The normalized spacial score (nSPS) is 10.9. The Morgan fingerprint density at radius 1 is 1.00 bits per heavy atom. The third-order valence-corrected chi connectivity index (χ3v) is 3.54. The number of nitrogens with one attached hydrogen (secondary N) is 1. The predicted molar refractivity (Wildman–Crippen MR) is 70.6 cm³/mol. The summed E-state index contributed by atoms with van der Waals surface area (Å²) in [6.45, 7) is 7.90. The predicted octanol–water partition coefficient (Wildman–Crippen LogP) is 1.10. The number of rotatable bonds is 1. The van der Waals surface area contributed by atoms with Crippen molar-refractivity contribution in [3.63, 3.8) is 0 Å². The maximum atomic E-state index is 12.0. The zero-order chi connectivity index (χ0) is 13.6. The van der Waals surface area contributed by atoms with Crippen LogP contribution in [0, 0.1) is 27.7 Å². The fourth-order valence-electron chi connectivity index (χ4n) is 2.14. The van der Waals surface area contributed by atoms with E-state index in [1.165, 1.54) is 11.7 Å². The van der Waals surface area contributed by atoms with Crippen LogP contribution in [0.5, 0.6) is 0 Å². The summed E-state index contributed by atoms with van der Waals surface area (Å²) in [6, 6.07) is 2.08. The second-order valence-electron chi connectivity index (χ2n) is 4.70. The van der Waals surface area contributed by atoms with E-state index in [-0.39, 0.29) is 5.69 Å². The Kier molecular flexibility index (Phi) is 2.77. The Morgan fingerprint density at radius 2 is 1.50 bits per heavy atom. The van der Waals surface area contributed by atoms with Gasteiger partial charge in [-0.2, -0.15) is 0 Å². The highest BCUT2D eigenvalue weighted by atomic mass is 16.2. The van der Waals surface area contributed by atoms with E-state index in [1.54, 1.807) is 0 Å². The van der Waals surface area contributed by atoms with Crippen LogP contribution < -0.4 is 11.4 Å². The Bertz CT molecular complexity index is 706. The largest absolute Gasteiger partial charge is 0.351 e. The molecule has 2 aromatic rings. The van der Waals surface area contributed by atoms with Crippen LogP contribution in [-0.4, -0.2) is 14.3 Å². The quantitative estimate of drug-likeness (QED) is 0.820. The van der Waals surface area contributed by atoms with Crippen molar-refractivity contribution in [2.24, 2.45) is 7.05 Å². The van der Waals surface area contributed by atoms with Gasteiger partial charge in [0.05, 0.1) is 5.69 Å². The Morgan fingerprint density at radius 3 is 1.89 bits per heavy atom. The average Bonchev–Trinajstić information content (AvgIpc) is 2.55. The Balaban J connectivity index is 2.91. The summed E-state index contributed by atoms with van der Waals surface area (Å²) >= 11 is 0. The molecule has 0 saturated carbocycles. The van der Waals surface area contributed by atoms with Gasteiger partial charge in [-0.3, -0.25) is 0 Å². The van der Waals surface area contributed by atoms with E-state index < -0.39 is 5.69 Å². The van der Waals surface area contributed by atoms with Crippen LogP contribution >= 0.6 is 0 Å². The first-order valence-corrected chi connectivity index (χ1v) is 5.80. The van der Waals surface area contributed by atoms with Crippen molar-refractivity contribution in [2.75, 3.05) is 0 Å². The van der Waals surface area contributed by atoms with E-state index >= 15 is 0 Å². The highest BCUT2D eigenvalue weighted by Crippen LogP contribution is 2.23. The first-order valence-electron chi connectivity index (χ1n) is 5.80. The molecule has 1 aromatic carbocycles.